The van der Waals surface area contributed by atoms with Crippen molar-refractivity contribution < 1.29 is 9.53 Å². The average Bonchev–Trinajstić information content (AvgIpc) is 3.20. The first kappa shape index (κ1) is 18.0. The molecule has 0 unspecified atom stereocenters. The Morgan fingerprint density at radius 1 is 1.26 bits per heavy atom. The number of hydrogen-bond donors (Lipinski definition) is 0. The molecule has 0 atom stereocenters. The minimum absolute atomic E-state index is 0.0588. The Bertz CT molecular complexity index is 1070. The highest BCUT2D eigenvalue weighted by atomic mass is 79.9. The Kier molecular flexibility index (Phi) is 4.42. The second-order valence-electron chi connectivity index (χ2n) is 6.80. The van der Waals surface area contributed by atoms with Crippen molar-refractivity contribution in [1.29, 1.82) is 0 Å². The summed E-state index contributed by atoms with van der Waals surface area (Å²) in [6.45, 7) is 9.53. The van der Waals surface area contributed by atoms with Crippen LogP contribution >= 0.6 is 15.9 Å². The van der Waals surface area contributed by atoms with Gasteiger partial charge in [0.15, 0.2) is 5.65 Å². The van der Waals surface area contributed by atoms with Crippen molar-refractivity contribution in [3.05, 3.63) is 56.4 Å². The third-order valence-electron chi connectivity index (χ3n) is 5.16. The zero-order chi connectivity index (χ0) is 19.3. The van der Waals surface area contributed by atoms with Gasteiger partial charge in [0.1, 0.15) is 5.75 Å². The molecular weight excluding hydrogens is 408 g/mol. The Hall–Kier alpha value is -2.41. The number of amides is 1. The zero-order valence-electron chi connectivity index (χ0n) is 15.8. The molecule has 140 valence electrons. The first-order chi connectivity index (χ1) is 12.9. The summed E-state index contributed by atoms with van der Waals surface area (Å²) in [5.74, 6) is 0.543. The number of ether oxygens (including phenoxy) is 1. The van der Waals surface area contributed by atoms with E-state index in [0.717, 1.165) is 38.3 Å². The maximum Gasteiger partial charge on any atom is 0.258 e. The molecule has 2 aromatic heterocycles. The van der Waals surface area contributed by atoms with Crippen LogP contribution in [0.25, 0.3) is 5.65 Å². The number of aryl methyl sites for hydroxylation is 2. The summed E-state index contributed by atoms with van der Waals surface area (Å²) in [7, 11) is 0. The number of halogens is 1. The number of aromatic nitrogens is 3. The fourth-order valence-electron chi connectivity index (χ4n) is 3.48. The smallest absolute Gasteiger partial charge is 0.258 e. The van der Waals surface area contributed by atoms with Crippen LogP contribution in [0.4, 0.5) is 0 Å². The van der Waals surface area contributed by atoms with Crippen LogP contribution in [0, 0.1) is 20.8 Å². The number of rotatable bonds is 3. The molecule has 3 heterocycles. The van der Waals surface area contributed by atoms with Gasteiger partial charge in [-0.3, -0.25) is 4.79 Å². The van der Waals surface area contributed by atoms with Gasteiger partial charge in [0, 0.05) is 21.4 Å². The SMILES string of the molecule is CCOc1ccc(Br)cc1C(=O)N1Cc2nn3c(C)c(C)c(C)nc3c2C1. The van der Waals surface area contributed by atoms with E-state index in [-0.39, 0.29) is 5.91 Å². The summed E-state index contributed by atoms with van der Waals surface area (Å²) in [5.41, 5.74) is 6.59. The third-order valence-corrected chi connectivity index (χ3v) is 5.66. The van der Waals surface area contributed by atoms with Crippen molar-refractivity contribution in [2.45, 2.75) is 40.8 Å². The van der Waals surface area contributed by atoms with Gasteiger partial charge in [-0.1, -0.05) is 15.9 Å². The standard InChI is InChI=1S/C20H21BrN4O2/c1-5-27-18-7-6-14(21)8-15(18)20(26)24-9-16-17(10-24)23-25-13(4)11(2)12(3)22-19(16)25/h6-8H,5,9-10H2,1-4H3. The van der Waals surface area contributed by atoms with E-state index in [4.69, 9.17) is 14.8 Å². The normalized spacial score (nSPS) is 13.3. The lowest BCUT2D eigenvalue weighted by Crippen LogP contribution is -2.26. The van der Waals surface area contributed by atoms with Gasteiger partial charge >= 0.3 is 0 Å². The topological polar surface area (TPSA) is 59.7 Å². The molecule has 1 aromatic carbocycles. The predicted octanol–water partition coefficient (Wildman–Crippen LogP) is 3.97. The van der Waals surface area contributed by atoms with Gasteiger partial charge in [-0.05, 0) is 51.5 Å². The first-order valence-corrected chi connectivity index (χ1v) is 9.76. The molecule has 0 saturated heterocycles. The summed E-state index contributed by atoms with van der Waals surface area (Å²) in [5, 5.41) is 4.72. The number of carbonyl (C=O) groups excluding carboxylic acids is 1. The number of benzene rings is 1. The Morgan fingerprint density at radius 3 is 2.78 bits per heavy atom. The molecule has 6 nitrogen and oxygen atoms in total. The van der Waals surface area contributed by atoms with E-state index in [2.05, 4.69) is 29.8 Å². The van der Waals surface area contributed by atoms with Crippen molar-refractivity contribution in [3.63, 3.8) is 0 Å². The van der Waals surface area contributed by atoms with Crippen LogP contribution in [-0.4, -0.2) is 32.0 Å². The average molecular weight is 429 g/mol. The molecule has 7 heteroatoms. The van der Waals surface area contributed by atoms with E-state index in [9.17, 15) is 4.79 Å². The van der Waals surface area contributed by atoms with Gasteiger partial charge in [-0.15, -0.1) is 0 Å². The van der Waals surface area contributed by atoms with E-state index in [0.29, 0.717) is 31.0 Å². The fourth-order valence-corrected chi connectivity index (χ4v) is 3.84. The first-order valence-electron chi connectivity index (χ1n) is 8.96. The van der Waals surface area contributed by atoms with Crippen molar-refractivity contribution in [1.82, 2.24) is 19.5 Å². The monoisotopic (exact) mass is 428 g/mol. The van der Waals surface area contributed by atoms with Crippen LogP contribution in [0.5, 0.6) is 5.75 Å². The molecule has 0 saturated carbocycles. The van der Waals surface area contributed by atoms with E-state index in [1.165, 1.54) is 0 Å². The second-order valence-corrected chi connectivity index (χ2v) is 7.72. The van der Waals surface area contributed by atoms with Crippen LogP contribution in [0.3, 0.4) is 0 Å². The Morgan fingerprint density at radius 2 is 2.04 bits per heavy atom. The van der Waals surface area contributed by atoms with E-state index >= 15 is 0 Å². The van der Waals surface area contributed by atoms with Crippen molar-refractivity contribution in [2.24, 2.45) is 0 Å². The van der Waals surface area contributed by atoms with E-state index < -0.39 is 0 Å². The van der Waals surface area contributed by atoms with Crippen LogP contribution in [0.1, 0.15) is 45.5 Å². The van der Waals surface area contributed by atoms with Gasteiger partial charge in [0.25, 0.3) is 5.91 Å². The van der Waals surface area contributed by atoms with Crippen LogP contribution < -0.4 is 4.74 Å². The number of nitrogens with zero attached hydrogens (tertiary/aromatic N) is 4. The largest absolute Gasteiger partial charge is 0.493 e. The Balaban J connectivity index is 1.70. The summed E-state index contributed by atoms with van der Waals surface area (Å²) < 4.78 is 8.40. The molecule has 0 aliphatic carbocycles. The summed E-state index contributed by atoms with van der Waals surface area (Å²) in [6, 6.07) is 5.51. The predicted molar refractivity (Wildman–Crippen MR) is 106 cm³/mol. The molecule has 3 aromatic rings. The number of hydrogen-bond acceptors (Lipinski definition) is 4. The van der Waals surface area contributed by atoms with Crippen molar-refractivity contribution in [2.75, 3.05) is 6.61 Å². The number of fused-ring (bicyclic) bond motifs is 3. The quantitative estimate of drug-likeness (QED) is 0.632. The maximum absolute atomic E-state index is 13.2. The van der Waals surface area contributed by atoms with Gasteiger partial charge < -0.3 is 9.64 Å². The molecule has 0 fully saturated rings. The lowest BCUT2D eigenvalue weighted by Gasteiger charge is -2.18. The minimum atomic E-state index is -0.0588. The van der Waals surface area contributed by atoms with Crippen LogP contribution in [0.15, 0.2) is 22.7 Å². The summed E-state index contributed by atoms with van der Waals surface area (Å²) >= 11 is 3.45. The van der Waals surface area contributed by atoms with Gasteiger partial charge in [0.2, 0.25) is 0 Å². The summed E-state index contributed by atoms with van der Waals surface area (Å²) in [6.07, 6.45) is 0. The molecule has 4 rings (SSSR count). The molecular formula is C20H21BrN4O2. The van der Waals surface area contributed by atoms with E-state index in [1.807, 2.05) is 36.6 Å². The van der Waals surface area contributed by atoms with Crippen molar-refractivity contribution >= 4 is 27.5 Å². The molecule has 1 aliphatic heterocycles. The summed E-state index contributed by atoms with van der Waals surface area (Å²) in [4.78, 5) is 19.7. The third kappa shape index (κ3) is 2.90. The molecule has 0 N–H and O–H groups in total. The molecule has 27 heavy (non-hydrogen) atoms. The maximum atomic E-state index is 13.2. The van der Waals surface area contributed by atoms with Gasteiger partial charge in [-0.25, -0.2) is 9.50 Å². The Labute approximate surface area is 166 Å². The second kappa shape index (κ2) is 6.64. The van der Waals surface area contributed by atoms with Gasteiger partial charge in [0.05, 0.1) is 31.0 Å². The van der Waals surface area contributed by atoms with Gasteiger partial charge in [-0.2, -0.15) is 5.10 Å². The highest BCUT2D eigenvalue weighted by Crippen LogP contribution is 2.31. The molecule has 1 amide bonds. The van der Waals surface area contributed by atoms with Crippen LogP contribution in [-0.2, 0) is 13.1 Å². The molecule has 0 bridgehead atoms. The molecule has 0 radical (unpaired) electrons. The van der Waals surface area contributed by atoms with Crippen molar-refractivity contribution in [3.8, 4) is 5.75 Å². The molecule has 1 aliphatic rings. The number of carbonyl (C=O) groups is 1. The molecule has 0 spiro atoms. The lowest BCUT2D eigenvalue weighted by molar-refractivity contribution is 0.0745. The highest BCUT2D eigenvalue weighted by Gasteiger charge is 2.31. The minimum Gasteiger partial charge on any atom is -0.493 e. The fraction of sp³-hybridized carbons (Fsp3) is 0.350. The van der Waals surface area contributed by atoms with E-state index in [1.54, 1.807) is 4.90 Å². The van der Waals surface area contributed by atoms with Crippen LogP contribution in [0.2, 0.25) is 0 Å². The zero-order valence-corrected chi connectivity index (χ0v) is 17.4. The highest BCUT2D eigenvalue weighted by molar-refractivity contribution is 9.10. The lowest BCUT2D eigenvalue weighted by atomic mass is 10.1.